The van der Waals surface area contributed by atoms with Gasteiger partial charge in [-0.3, -0.25) is 9.69 Å². The number of aromatic nitrogens is 1. The summed E-state index contributed by atoms with van der Waals surface area (Å²) in [5.41, 5.74) is 1.85. The number of nitrogens with one attached hydrogen (secondary N) is 2. The van der Waals surface area contributed by atoms with E-state index < -0.39 is 0 Å². The Morgan fingerprint density at radius 2 is 2.33 bits per heavy atom. The van der Waals surface area contributed by atoms with E-state index in [1.54, 1.807) is 11.3 Å². The Hall–Kier alpha value is -1.50. The summed E-state index contributed by atoms with van der Waals surface area (Å²) < 4.78 is 1.12. The maximum atomic E-state index is 12.1. The van der Waals surface area contributed by atoms with Crippen LogP contribution in [0, 0.1) is 6.92 Å². The van der Waals surface area contributed by atoms with Gasteiger partial charge in [0.05, 0.1) is 21.8 Å². The molecule has 1 fully saturated rings. The van der Waals surface area contributed by atoms with E-state index in [-0.39, 0.29) is 5.91 Å². The zero-order chi connectivity index (χ0) is 14.7. The van der Waals surface area contributed by atoms with Gasteiger partial charge in [-0.1, -0.05) is 0 Å². The number of thiazole rings is 1. The maximum absolute atomic E-state index is 12.1. The number of carbonyl (C=O) groups excluding carboxylic acids is 1. The van der Waals surface area contributed by atoms with Gasteiger partial charge in [-0.2, -0.15) is 0 Å². The van der Waals surface area contributed by atoms with Crippen molar-refractivity contribution in [1.82, 2.24) is 15.2 Å². The van der Waals surface area contributed by atoms with Crippen LogP contribution in [0.4, 0.5) is 5.69 Å². The van der Waals surface area contributed by atoms with Crippen LogP contribution >= 0.6 is 11.3 Å². The lowest BCUT2D eigenvalue weighted by Gasteiger charge is -2.18. The highest BCUT2D eigenvalue weighted by atomic mass is 32.1. The fraction of sp³-hybridized carbons (Fsp3) is 0.467. The first-order valence-corrected chi connectivity index (χ1v) is 8.12. The molecule has 21 heavy (non-hydrogen) atoms. The van der Waals surface area contributed by atoms with Gasteiger partial charge >= 0.3 is 0 Å². The number of hydrogen-bond donors (Lipinski definition) is 2. The summed E-state index contributed by atoms with van der Waals surface area (Å²) in [5.74, 6) is 0.0532. The summed E-state index contributed by atoms with van der Waals surface area (Å²) in [6.45, 7) is 6.37. The number of aryl methyl sites for hydroxylation is 1. The molecule has 2 aromatic rings. The number of fused-ring (bicyclic) bond motifs is 1. The van der Waals surface area contributed by atoms with Gasteiger partial charge in [-0.25, -0.2) is 4.98 Å². The first-order valence-electron chi connectivity index (χ1n) is 7.31. The number of nitrogens with zero attached hydrogens (tertiary/aromatic N) is 2. The van der Waals surface area contributed by atoms with Crippen LogP contribution in [0.2, 0.25) is 0 Å². The van der Waals surface area contributed by atoms with E-state index in [9.17, 15) is 4.79 Å². The van der Waals surface area contributed by atoms with Gasteiger partial charge < -0.3 is 10.6 Å². The summed E-state index contributed by atoms with van der Waals surface area (Å²) in [7, 11) is 0. The maximum Gasteiger partial charge on any atom is 0.238 e. The smallest absolute Gasteiger partial charge is 0.238 e. The van der Waals surface area contributed by atoms with Crippen LogP contribution < -0.4 is 10.6 Å². The van der Waals surface area contributed by atoms with Crippen LogP contribution in [-0.2, 0) is 4.79 Å². The van der Waals surface area contributed by atoms with Crippen molar-refractivity contribution in [2.45, 2.75) is 13.3 Å². The van der Waals surface area contributed by atoms with E-state index in [0.29, 0.717) is 6.54 Å². The van der Waals surface area contributed by atoms with Crippen molar-refractivity contribution in [2.75, 3.05) is 38.0 Å². The second kappa shape index (κ2) is 6.51. The third kappa shape index (κ3) is 3.78. The van der Waals surface area contributed by atoms with Gasteiger partial charge in [0.25, 0.3) is 0 Å². The molecule has 1 aliphatic rings. The SMILES string of the molecule is Cc1nc2ccc(NC(=O)CN3CCCNCC3)cc2s1. The first kappa shape index (κ1) is 14.4. The molecular weight excluding hydrogens is 284 g/mol. The molecule has 2 N–H and O–H groups in total. The number of anilines is 1. The monoisotopic (exact) mass is 304 g/mol. The number of benzene rings is 1. The summed E-state index contributed by atoms with van der Waals surface area (Å²) in [4.78, 5) is 18.8. The fourth-order valence-electron chi connectivity index (χ4n) is 2.58. The first-order chi connectivity index (χ1) is 10.2. The molecule has 0 bridgehead atoms. The molecule has 5 nitrogen and oxygen atoms in total. The van der Waals surface area contributed by atoms with Crippen LogP contribution in [0.1, 0.15) is 11.4 Å². The van der Waals surface area contributed by atoms with E-state index in [1.165, 1.54) is 0 Å². The number of amides is 1. The Morgan fingerprint density at radius 3 is 3.24 bits per heavy atom. The van der Waals surface area contributed by atoms with Crippen molar-refractivity contribution in [1.29, 1.82) is 0 Å². The zero-order valence-corrected chi connectivity index (χ0v) is 13.0. The standard InChI is InChI=1S/C15H20N4OS/c1-11-17-13-4-3-12(9-14(13)21-11)18-15(20)10-19-7-2-5-16-6-8-19/h3-4,9,16H,2,5-8,10H2,1H3,(H,18,20). The molecule has 112 valence electrons. The molecule has 1 amide bonds. The summed E-state index contributed by atoms with van der Waals surface area (Å²) in [5, 5.41) is 7.38. The number of hydrogen-bond acceptors (Lipinski definition) is 5. The van der Waals surface area contributed by atoms with Crippen molar-refractivity contribution >= 4 is 33.1 Å². The normalized spacial score (nSPS) is 16.8. The van der Waals surface area contributed by atoms with Crippen molar-refractivity contribution in [2.24, 2.45) is 0 Å². The molecule has 1 aliphatic heterocycles. The topological polar surface area (TPSA) is 57.3 Å². The lowest BCUT2D eigenvalue weighted by molar-refractivity contribution is -0.117. The lowest BCUT2D eigenvalue weighted by Crippen LogP contribution is -2.35. The van der Waals surface area contributed by atoms with Crippen LogP contribution in [0.15, 0.2) is 18.2 Å². The van der Waals surface area contributed by atoms with Crippen molar-refractivity contribution < 1.29 is 4.79 Å². The molecule has 3 rings (SSSR count). The molecule has 0 radical (unpaired) electrons. The Balaban J connectivity index is 1.62. The third-order valence-electron chi connectivity index (χ3n) is 3.58. The predicted molar refractivity (Wildman–Crippen MR) is 86.9 cm³/mol. The molecular formula is C15H20N4OS. The zero-order valence-electron chi connectivity index (χ0n) is 12.2. The fourth-order valence-corrected chi connectivity index (χ4v) is 3.45. The van der Waals surface area contributed by atoms with E-state index in [0.717, 1.165) is 53.5 Å². The second-order valence-corrected chi connectivity index (χ2v) is 6.58. The summed E-state index contributed by atoms with van der Waals surface area (Å²) >= 11 is 1.65. The predicted octanol–water partition coefficient (Wildman–Crippen LogP) is 1.84. The largest absolute Gasteiger partial charge is 0.325 e. The van der Waals surface area contributed by atoms with Gasteiger partial charge in [0.1, 0.15) is 0 Å². The average molecular weight is 304 g/mol. The van der Waals surface area contributed by atoms with E-state index in [2.05, 4.69) is 20.5 Å². The minimum absolute atomic E-state index is 0.0532. The molecule has 0 spiro atoms. The van der Waals surface area contributed by atoms with E-state index >= 15 is 0 Å². The summed E-state index contributed by atoms with van der Waals surface area (Å²) in [6.07, 6.45) is 1.10. The van der Waals surface area contributed by atoms with Gasteiger partial charge in [-0.15, -0.1) is 11.3 Å². The highest BCUT2D eigenvalue weighted by Crippen LogP contribution is 2.24. The van der Waals surface area contributed by atoms with E-state index in [1.807, 2.05) is 25.1 Å². The Labute approximate surface area is 128 Å². The molecule has 0 unspecified atom stereocenters. The van der Waals surface area contributed by atoms with Crippen LogP contribution in [0.5, 0.6) is 0 Å². The Morgan fingerprint density at radius 1 is 1.43 bits per heavy atom. The number of rotatable bonds is 3. The van der Waals surface area contributed by atoms with Crippen molar-refractivity contribution in [3.8, 4) is 0 Å². The number of carbonyl (C=O) groups is 1. The highest BCUT2D eigenvalue weighted by molar-refractivity contribution is 7.18. The molecule has 0 saturated carbocycles. The molecule has 1 saturated heterocycles. The molecule has 6 heteroatoms. The minimum atomic E-state index is 0.0532. The third-order valence-corrected chi connectivity index (χ3v) is 4.51. The molecule has 2 heterocycles. The average Bonchev–Trinajstić information content (AvgIpc) is 2.64. The van der Waals surface area contributed by atoms with Gasteiger partial charge in [0, 0.05) is 18.8 Å². The van der Waals surface area contributed by atoms with Crippen LogP contribution in [-0.4, -0.2) is 48.5 Å². The van der Waals surface area contributed by atoms with Gasteiger partial charge in [0.15, 0.2) is 0 Å². The highest BCUT2D eigenvalue weighted by Gasteiger charge is 2.13. The lowest BCUT2D eigenvalue weighted by atomic mass is 10.3. The Bertz CT molecular complexity index is 632. The van der Waals surface area contributed by atoms with Crippen molar-refractivity contribution in [3.05, 3.63) is 23.2 Å². The van der Waals surface area contributed by atoms with Gasteiger partial charge in [0.2, 0.25) is 5.91 Å². The second-order valence-electron chi connectivity index (χ2n) is 5.34. The van der Waals surface area contributed by atoms with Crippen LogP contribution in [0.25, 0.3) is 10.2 Å². The minimum Gasteiger partial charge on any atom is -0.325 e. The summed E-state index contributed by atoms with van der Waals surface area (Å²) in [6, 6.07) is 5.88. The molecule has 1 aromatic carbocycles. The Kier molecular flexibility index (Phi) is 4.48. The quantitative estimate of drug-likeness (QED) is 0.908. The van der Waals surface area contributed by atoms with E-state index in [4.69, 9.17) is 0 Å². The van der Waals surface area contributed by atoms with Crippen molar-refractivity contribution in [3.63, 3.8) is 0 Å². The molecule has 0 aliphatic carbocycles. The van der Waals surface area contributed by atoms with Crippen LogP contribution in [0.3, 0.4) is 0 Å². The molecule has 0 atom stereocenters. The van der Waals surface area contributed by atoms with Gasteiger partial charge in [-0.05, 0) is 44.6 Å². The molecule has 1 aromatic heterocycles.